The molecule has 110 valence electrons. The molecule has 0 spiro atoms. The molecule has 0 aliphatic carbocycles. The fourth-order valence-electron chi connectivity index (χ4n) is 2.51. The monoisotopic (exact) mass is 274 g/mol. The van der Waals surface area contributed by atoms with Crippen molar-refractivity contribution in [2.45, 2.75) is 48.1 Å². The summed E-state index contributed by atoms with van der Waals surface area (Å²) in [5.41, 5.74) is 3.80. The third kappa shape index (κ3) is 2.82. The van der Waals surface area contributed by atoms with Crippen LogP contribution in [0.4, 0.5) is 0 Å². The van der Waals surface area contributed by atoms with E-state index in [2.05, 4.69) is 57.2 Å². The molecule has 0 N–H and O–H groups in total. The van der Waals surface area contributed by atoms with Gasteiger partial charge in [-0.2, -0.15) is 0 Å². The lowest BCUT2D eigenvalue weighted by Gasteiger charge is -2.14. The maximum Gasteiger partial charge on any atom is 0.238 e. The fourth-order valence-corrected chi connectivity index (χ4v) is 2.51. The Morgan fingerprint density at radius 3 is 2.45 bits per heavy atom. The van der Waals surface area contributed by atoms with Crippen LogP contribution in [0.15, 0.2) is 12.3 Å². The Balaban J connectivity index is 2.55. The number of ether oxygens (including phenoxy) is 1. The summed E-state index contributed by atoms with van der Waals surface area (Å²) < 4.78 is 8.30. The van der Waals surface area contributed by atoms with Gasteiger partial charge in [0.1, 0.15) is 5.52 Å². The molecular weight excluding hydrogens is 248 g/mol. The smallest absolute Gasteiger partial charge is 0.238 e. The molecule has 0 aliphatic heterocycles. The van der Waals surface area contributed by atoms with Crippen LogP contribution in [0.3, 0.4) is 0 Å². The van der Waals surface area contributed by atoms with E-state index in [0.29, 0.717) is 18.4 Å². The van der Waals surface area contributed by atoms with Crippen molar-refractivity contribution in [3.63, 3.8) is 0 Å². The van der Waals surface area contributed by atoms with E-state index in [0.717, 1.165) is 17.9 Å². The standard InChI is InChI=1S/C17H26N2O/c1-11(2)9-19-14(6)13(5)15-7-8-18-17(16(15)19)20-10-12(3)4/h7-8,11-12H,9-10H2,1-6H3. The number of aromatic nitrogens is 2. The van der Waals surface area contributed by atoms with E-state index >= 15 is 0 Å². The van der Waals surface area contributed by atoms with E-state index in [-0.39, 0.29) is 0 Å². The molecule has 0 aromatic carbocycles. The van der Waals surface area contributed by atoms with Crippen molar-refractivity contribution >= 4 is 10.9 Å². The molecule has 0 saturated heterocycles. The summed E-state index contributed by atoms with van der Waals surface area (Å²) in [5, 5.41) is 1.26. The quantitative estimate of drug-likeness (QED) is 0.810. The third-order valence-electron chi connectivity index (χ3n) is 3.61. The normalized spacial score (nSPS) is 11.8. The summed E-state index contributed by atoms with van der Waals surface area (Å²) in [6.07, 6.45) is 1.85. The summed E-state index contributed by atoms with van der Waals surface area (Å²) in [6, 6.07) is 2.09. The lowest BCUT2D eigenvalue weighted by molar-refractivity contribution is 0.263. The molecule has 2 heterocycles. The average Bonchev–Trinajstić information content (AvgIpc) is 2.62. The molecule has 2 aromatic heterocycles. The van der Waals surface area contributed by atoms with Crippen LogP contribution in [-0.2, 0) is 6.54 Å². The van der Waals surface area contributed by atoms with Crippen molar-refractivity contribution in [3.8, 4) is 5.88 Å². The van der Waals surface area contributed by atoms with Gasteiger partial charge in [-0.1, -0.05) is 27.7 Å². The molecule has 0 fully saturated rings. The second kappa shape index (κ2) is 5.86. The van der Waals surface area contributed by atoms with Crippen molar-refractivity contribution < 1.29 is 4.74 Å². The highest BCUT2D eigenvalue weighted by Crippen LogP contribution is 2.31. The highest BCUT2D eigenvalue weighted by molar-refractivity contribution is 5.88. The summed E-state index contributed by atoms with van der Waals surface area (Å²) in [7, 11) is 0. The van der Waals surface area contributed by atoms with Gasteiger partial charge in [0.2, 0.25) is 5.88 Å². The molecule has 2 aromatic rings. The van der Waals surface area contributed by atoms with E-state index in [1.165, 1.54) is 16.6 Å². The van der Waals surface area contributed by atoms with Gasteiger partial charge in [0, 0.05) is 23.8 Å². The second-order valence-electron chi connectivity index (χ2n) is 6.43. The van der Waals surface area contributed by atoms with E-state index in [1.54, 1.807) is 0 Å². The molecule has 20 heavy (non-hydrogen) atoms. The zero-order valence-electron chi connectivity index (χ0n) is 13.5. The van der Waals surface area contributed by atoms with Crippen LogP contribution in [-0.4, -0.2) is 16.2 Å². The molecule has 0 amide bonds. The number of rotatable bonds is 5. The molecule has 3 nitrogen and oxygen atoms in total. The summed E-state index contributed by atoms with van der Waals surface area (Å²) in [4.78, 5) is 4.46. The number of hydrogen-bond donors (Lipinski definition) is 0. The molecule has 0 radical (unpaired) electrons. The Hall–Kier alpha value is -1.51. The van der Waals surface area contributed by atoms with Gasteiger partial charge in [-0.25, -0.2) is 4.98 Å². The zero-order valence-corrected chi connectivity index (χ0v) is 13.5. The van der Waals surface area contributed by atoms with Crippen LogP contribution in [0.1, 0.15) is 39.0 Å². The minimum atomic E-state index is 0.503. The highest BCUT2D eigenvalue weighted by atomic mass is 16.5. The molecule has 0 unspecified atom stereocenters. The van der Waals surface area contributed by atoms with Crippen LogP contribution in [0.2, 0.25) is 0 Å². The maximum absolute atomic E-state index is 5.94. The molecule has 0 bridgehead atoms. The highest BCUT2D eigenvalue weighted by Gasteiger charge is 2.17. The molecule has 0 atom stereocenters. The van der Waals surface area contributed by atoms with E-state index in [4.69, 9.17) is 4.74 Å². The first-order chi connectivity index (χ1) is 9.41. The second-order valence-corrected chi connectivity index (χ2v) is 6.43. The van der Waals surface area contributed by atoms with E-state index in [9.17, 15) is 0 Å². The van der Waals surface area contributed by atoms with E-state index < -0.39 is 0 Å². The van der Waals surface area contributed by atoms with Crippen LogP contribution in [0, 0.1) is 25.7 Å². The first-order valence-electron chi connectivity index (χ1n) is 7.49. The van der Waals surface area contributed by atoms with Gasteiger partial charge in [-0.15, -0.1) is 0 Å². The number of fused-ring (bicyclic) bond motifs is 1. The zero-order chi connectivity index (χ0) is 14.9. The van der Waals surface area contributed by atoms with Crippen LogP contribution >= 0.6 is 0 Å². The van der Waals surface area contributed by atoms with Gasteiger partial charge >= 0.3 is 0 Å². The molecule has 3 heteroatoms. The number of pyridine rings is 1. The number of nitrogens with zero attached hydrogens (tertiary/aromatic N) is 2. The van der Waals surface area contributed by atoms with Crippen molar-refractivity contribution in [3.05, 3.63) is 23.5 Å². The summed E-state index contributed by atoms with van der Waals surface area (Å²) in [5.74, 6) is 1.87. The fraction of sp³-hybridized carbons (Fsp3) is 0.588. The van der Waals surface area contributed by atoms with Gasteiger partial charge < -0.3 is 9.30 Å². The Morgan fingerprint density at radius 1 is 1.15 bits per heavy atom. The Morgan fingerprint density at radius 2 is 1.85 bits per heavy atom. The van der Waals surface area contributed by atoms with E-state index in [1.807, 2.05) is 6.20 Å². The van der Waals surface area contributed by atoms with Gasteiger partial charge in [-0.3, -0.25) is 0 Å². The minimum absolute atomic E-state index is 0.503. The maximum atomic E-state index is 5.94. The third-order valence-corrected chi connectivity index (χ3v) is 3.61. The molecule has 0 aliphatic rings. The van der Waals surface area contributed by atoms with Crippen molar-refractivity contribution in [2.75, 3.05) is 6.61 Å². The summed E-state index contributed by atoms with van der Waals surface area (Å²) in [6.45, 7) is 14.9. The van der Waals surface area contributed by atoms with Crippen molar-refractivity contribution in [2.24, 2.45) is 11.8 Å². The Labute approximate surface area is 122 Å². The largest absolute Gasteiger partial charge is 0.476 e. The Bertz CT molecular complexity index is 597. The number of aryl methyl sites for hydroxylation is 1. The van der Waals surface area contributed by atoms with Gasteiger partial charge in [0.05, 0.1) is 6.61 Å². The van der Waals surface area contributed by atoms with Gasteiger partial charge in [-0.05, 0) is 37.3 Å². The lowest BCUT2D eigenvalue weighted by atomic mass is 10.2. The Kier molecular flexibility index (Phi) is 4.36. The lowest BCUT2D eigenvalue weighted by Crippen LogP contribution is -2.10. The molecule has 0 saturated carbocycles. The first kappa shape index (κ1) is 14.9. The first-order valence-corrected chi connectivity index (χ1v) is 7.49. The van der Waals surface area contributed by atoms with Crippen LogP contribution in [0.5, 0.6) is 5.88 Å². The van der Waals surface area contributed by atoms with Gasteiger partial charge in [0.15, 0.2) is 0 Å². The summed E-state index contributed by atoms with van der Waals surface area (Å²) >= 11 is 0. The minimum Gasteiger partial charge on any atom is -0.476 e. The van der Waals surface area contributed by atoms with Gasteiger partial charge in [0.25, 0.3) is 0 Å². The predicted octanol–water partition coefficient (Wildman–Crippen LogP) is 4.34. The van der Waals surface area contributed by atoms with Crippen LogP contribution in [0.25, 0.3) is 10.9 Å². The molecule has 2 rings (SSSR count). The van der Waals surface area contributed by atoms with Crippen LogP contribution < -0.4 is 4.74 Å². The van der Waals surface area contributed by atoms with Crippen molar-refractivity contribution in [1.29, 1.82) is 0 Å². The van der Waals surface area contributed by atoms with Crippen molar-refractivity contribution in [1.82, 2.24) is 9.55 Å². The number of hydrogen-bond acceptors (Lipinski definition) is 2. The molecular formula is C17H26N2O. The predicted molar refractivity (Wildman–Crippen MR) is 84.4 cm³/mol. The average molecular weight is 274 g/mol. The SMILES string of the molecule is Cc1c(C)n(CC(C)C)c2c(OCC(C)C)nccc12. The topological polar surface area (TPSA) is 27.1 Å².